The van der Waals surface area contributed by atoms with Crippen molar-refractivity contribution in [3.63, 3.8) is 0 Å². The first kappa shape index (κ1) is 24.3. The molecule has 0 bridgehead atoms. The SMILES string of the molecule is CCOC1CCCCC1OCCNC(C)CC1CCC(OC)C(SOON)C1. The summed E-state index contributed by atoms with van der Waals surface area (Å²) in [5.74, 6) is 5.63. The topological polar surface area (TPSA) is 84.2 Å². The van der Waals surface area contributed by atoms with Gasteiger partial charge in [-0.3, -0.25) is 0 Å². The fourth-order valence-electron chi connectivity index (χ4n) is 4.60. The molecule has 0 radical (unpaired) electrons. The molecule has 0 aromatic heterocycles. The van der Waals surface area contributed by atoms with Crippen LogP contribution in [0.25, 0.3) is 0 Å². The zero-order valence-electron chi connectivity index (χ0n) is 17.8. The van der Waals surface area contributed by atoms with Crippen molar-refractivity contribution < 1.29 is 23.5 Å². The highest BCUT2D eigenvalue weighted by Gasteiger charge is 2.32. The van der Waals surface area contributed by atoms with Gasteiger partial charge in [0, 0.05) is 38.3 Å². The molecule has 2 aliphatic rings. The van der Waals surface area contributed by atoms with Gasteiger partial charge in [-0.15, -0.1) is 9.32 Å². The molecule has 0 aromatic carbocycles. The first-order valence-electron chi connectivity index (χ1n) is 10.9. The van der Waals surface area contributed by atoms with Crippen LogP contribution >= 0.6 is 12.0 Å². The van der Waals surface area contributed by atoms with Crippen molar-refractivity contribution in [3.05, 3.63) is 0 Å². The number of hydrogen-bond donors (Lipinski definition) is 2. The molecule has 7 nitrogen and oxygen atoms in total. The van der Waals surface area contributed by atoms with Crippen molar-refractivity contribution in [1.82, 2.24) is 5.32 Å². The molecule has 2 aliphatic carbocycles. The first-order chi connectivity index (χ1) is 13.7. The predicted octanol–water partition coefficient (Wildman–Crippen LogP) is 3.37. The van der Waals surface area contributed by atoms with Crippen LogP contribution in [0.1, 0.15) is 65.2 Å². The van der Waals surface area contributed by atoms with Crippen LogP contribution in [-0.2, 0) is 23.5 Å². The smallest absolute Gasteiger partial charge is 0.0837 e. The fourth-order valence-corrected chi connectivity index (χ4v) is 5.47. The maximum atomic E-state index is 6.13. The summed E-state index contributed by atoms with van der Waals surface area (Å²) in [4.78, 5) is 4.26. The molecule has 6 atom stereocenters. The molecule has 8 heteroatoms. The average Bonchev–Trinajstić information content (AvgIpc) is 2.71. The highest BCUT2D eigenvalue weighted by molar-refractivity contribution is 7.95. The van der Waals surface area contributed by atoms with E-state index in [1.165, 1.54) is 31.3 Å². The van der Waals surface area contributed by atoms with Gasteiger partial charge in [-0.05, 0) is 58.3 Å². The van der Waals surface area contributed by atoms with Gasteiger partial charge in [0.25, 0.3) is 0 Å². The lowest BCUT2D eigenvalue weighted by Gasteiger charge is -2.35. The normalized spacial score (nSPS) is 32.4. The maximum Gasteiger partial charge on any atom is 0.0837 e. The third-order valence-electron chi connectivity index (χ3n) is 5.98. The van der Waals surface area contributed by atoms with E-state index < -0.39 is 0 Å². The minimum absolute atomic E-state index is 0.196. The fraction of sp³-hybridized carbons (Fsp3) is 1.00. The Kier molecular flexibility index (Phi) is 12.3. The number of rotatable bonds is 13. The zero-order valence-corrected chi connectivity index (χ0v) is 18.6. The molecule has 0 aliphatic heterocycles. The number of methoxy groups -OCH3 is 1. The summed E-state index contributed by atoms with van der Waals surface area (Å²) in [6, 6.07) is 0.457. The molecule has 6 unspecified atom stereocenters. The highest BCUT2D eigenvalue weighted by atomic mass is 32.2. The maximum absolute atomic E-state index is 6.13. The van der Waals surface area contributed by atoms with Gasteiger partial charge >= 0.3 is 0 Å². The molecule has 0 amide bonds. The summed E-state index contributed by atoms with van der Waals surface area (Å²) in [6.07, 6.45) is 9.91. The third kappa shape index (κ3) is 8.44. The van der Waals surface area contributed by atoms with Crippen molar-refractivity contribution in [1.29, 1.82) is 0 Å². The second-order valence-corrected chi connectivity index (χ2v) is 8.96. The number of hydrogen-bond acceptors (Lipinski definition) is 8. The molecule has 2 rings (SSSR count). The third-order valence-corrected chi connectivity index (χ3v) is 6.88. The molecule has 166 valence electrons. The van der Waals surface area contributed by atoms with Crippen molar-refractivity contribution in [3.8, 4) is 0 Å². The van der Waals surface area contributed by atoms with Crippen LogP contribution in [0.15, 0.2) is 0 Å². The van der Waals surface area contributed by atoms with Crippen molar-refractivity contribution >= 4 is 12.0 Å². The lowest BCUT2D eigenvalue weighted by Crippen LogP contribution is -2.39. The summed E-state index contributed by atoms with van der Waals surface area (Å²) in [7, 11) is 1.76. The summed E-state index contributed by atoms with van der Waals surface area (Å²) >= 11 is 1.28. The second-order valence-electron chi connectivity index (χ2n) is 8.03. The van der Waals surface area contributed by atoms with Crippen LogP contribution < -0.4 is 11.2 Å². The average molecular weight is 421 g/mol. The van der Waals surface area contributed by atoms with E-state index in [-0.39, 0.29) is 23.6 Å². The first-order valence-corrected chi connectivity index (χ1v) is 11.7. The minimum atomic E-state index is 0.196. The molecule has 0 saturated heterocycles. The Morgan fingerprint density at radius 2 is 1.82 bits per heavy atom. The Morgan fingerprint density at radius 3 is 2.50 bits per heavy atom. The Balaban J connectivity index is 1.63. The summed E-state index contributed by atoms with van der Waals surface area (Å²) in [5.41, 5.74) is 0. The van der Waals surface area contributed by atoms with Crippen molar-refractivity contribution in [2.24, 2.45) is 11.8 Å². The van der Waals surface area contributed by atoms with E-state index in [9.17, 15) is 0 Å². The number of nitrogens with two attached hydrogens (primary N) is 1. The van der Waals surface area contributed by atoms with E-state index in [0.717, 1.165) is 51.9 Å². The van der Waals surface area contributed by atoms with Crippen LogP contribution in [-0.4, -0.2) is 56.5 Å². The summed E-state index contributed by atoms with van der Waals surface area (Å²) in [5, 5.41) is 3.87. The lowest BCUT2D eigenvalue weighted by atomic mass is 9.83. The van der Waals surface area contributed by atoms with Gasteiger partial charge in [-0.1, -0.05) is 12.8 Å². The molecular formula is C20H40N2O5S. The van der Waals surface area contributed by atoms with Gasteiger partial charge in [-0.2, -0.15) is 5.90 Å². The second kappa shape index (κ2) is 14.1. The minimum Gasteiger partial charge on any atom is -0.380 e. The molecule has 2 fully saturated rings. The molecular weight excluding hydrogens is 380 g/mol. The predicted molar refractivity (Wildman–Crippen MR) is 112 cm³/mol. The standard InChI is InChI=1S/C20H40N2O5S/c1-4-24-17-7-5-6-8-18(17)25-12-11-22-15(2)13-16-9-10-19(23-3)20(14-16)28-27-26-21/h15-20,22H,4-14,21H2,1-3H3. The summed E-state index contributed by atoms with van der Waals surface area (Å²) < 4.78 is 22.4. The molecule has 3 N–H and O–H groups in total. The van der Waals surface area contributed by atoms with Crippen LogP contribution in [0.2, 0.25) is 0 Å². The quantitative estimate of drug-likeness (QED) is 0.203. The van der Waals surface area contributed by atoms with E-state index in [0.29, 0.717) is 12.0 Å². The largest absolute Gasteiger partial charge is 0.380 e. The lowest BCUT2D eigenvalue weighted by molar-refractivity contribution is -0.196. The van der Waals surface area contributed by atoms with Crippen LogP contribution in [0.4, 0.5) is 0 Å². The van der Waals surface area contributed by atoms with Gasteiger partial charge in [0.05, 0.1) is 30.2 Å². The van der Waals surface area contributed by atoms with Crippen LogP contribution in [0.3, 0.4) is 0 Å². The molecule has 0 spiro atoms. The Hall–Kier alpha value is 0.0700. The van der Waals surface area contributed by atoms with Gasteiger partial charge < -0.3 is 19.5 Å². The van der Waals surface area contributed by atoms with E-state index in [2.05, 4.69) is 24.2 Å². The molecule has 28 heavy (non-hydrogen) atoms. The van der Waals surface area contributed by atoms with Gasteiger partial charge in [0.2, 0.25) is 0 Å². The zero-order chi connectivity index (χ0) is 20.2. The van der Waals surface area contributed by atoms with Gasteiger partial charge in [0.1, 0.15) is 0 Å². The Labute approximate surface area is 174 Å². The van der Waals surface area contributed by atoms with Gasteiger partial charge in [0.15, 0.2) is 0 Å². The van der Waals surface area contributed by atoms with E-state index in [1.807, 2.05) is 0 Å². The number of ether oxygens (including phenoxy) is 3. The van der Waals surface area contributed by atoms with E-state index in [1.54, 1.807) is 7.11 Å². The van der Waals surface area contributed by atoms with E-state index >= 15 is 0 Å². The Morgan fingerprint density at radius 1 is 1.07 bits per heavy atom. The summed E-state index contributed by atoms with van der Waals surface area (Å²) in [6.45, 7) is 6.72. The van der Waals surface area contributed by atoms with Crippen molar-refractivity contribution in [2.45, 2.75) is 94.8 Å². The van der Waals surface area contributed by atoms with Gasteiger partial charge in [-0.25, -0.2) is 0 Å². The molecule has 0 aromatic rings. The van der Waals surface area contributed by atoms with Crippen LogP contribution in [0.5, 0.6) is 0 Å². The number of nitrogens with one attached hydrogen (secondary N) is 1. The Bertz CT molecular complexity index is 405. The van der Waals surface area contributed by atoms with Crippen molar-refractivity contribution in [2.75, 3.05) is 26.9 Å². The highest BCUT2D eigenvalue weighted by Crippen LogP contribution is 2.36. The van der Waals surface area contributed by atoms with Crippen LogP contribution in [0, 0.1) is 5.92 Å². The molecule has 2 saturated carbocycles. The van der Waals surface area contributed by atoms with E-state index in [4.69, 9.17) is 24.4 Å². The monoisotopic (exact) mass is 420 g/mol. The molecule has 0 heterocycles.